The molecule has 0 saturated heterocycles. The van der Waals surface area contributed by atoms with Gasteiger partial charge in [-0.15, -0.1) is 0 Å². The van der Waals surface area contributed by atoms with Crippen LogP contribution in [0.1, 0.15) is 22.4 Å². The third kappa shape index (κ3) is 6.73. The molecule has 0 amide bonds. The van der Waals surface area contributed by atoms with E-state index in [1.807, 2.05) is 38.1 Å². The summed E-state index contributed by atoms with van der Waals surface area (Å²) in [6.07, 6.45) is 0. The monoisotopic (exact) mass is 485 g/mol. The molecule has 2 heterocycles. The van der Waals surface area contributed by atoms with Gasteiger partial charge in [0.15, 0.2) is 5.69 Å². The van der Waals surface area contributed by atoms with E-state index >= 15 is 0 Å². The van der Waals surface area contributed by atoms with Crippen molar-refractivity contribution in [2.24, 2.45) is 0 Å². The number of aromatic nitrogens is 3. The van der Waals surface area contributed by atoms with Crippen molar-refractivity contribution in [1.29, 1.82) is 0 Å². The SMILES string of the molecule is Cc1cc(OCCO)nc(C)c1-c1cccc(COc2ccc(Cn3oc(=O)[n-]c3=O)cc2)c1.[Na+]. The molecule has 0 saturated carbocycles. The number of aryl methyl sites for hydroxylation is 2. The maximum Gasteiger partial charge on any atom is 1.00 e. The van der Waals surface area contributed by atoms with E-state index in [9.17, 15) is 9.59 Å². The van der Waals surface area contributed by atoms with Gasteiger partial charge in [-0.1, -0.05) is 30.3 Å². The van der Waals surface area contributed by atoms with Crippen LogP contribution in [-0.2, 0) is 13.2 Å². The molecule has 176 valence electrons. The summed E-state index contributed by atoms with van der Waals surface area (Å²) >= 11 is 0. The van der Waals surface area contributed by atoms with E-state index < -0.39 is 11.4 Å². The summed E-state index contributed by atoms with van der Waals surface area (Å²) in [4.78, 5) is 30.2. The third-order valence-electron chi connectivity index (χ3n) is 5.17. The van der Waals surface area contributed by atoms with Crippen molar-refractivity contribution in [1.82, 2.24) is 14.7 Å². The molecule has 2 aromatic heterocycles. The number of aliphatic hydroxyl groups excluding tert-OH is 1. The summed E-state index contributed by atoms with van der Waals surface area (Å²) in [5, 5.41) is 8.95. The van der Waals surface area contributed by atoms with E-state index in [2.05, 4.69) is 16.0 Å². The fourth-order valence-corrected chi connectivity index (χ4v) is 3.68. The molecule has 2 aromatic carbocycles. The molecule has 0 aliphatic rings. The Kier molecular flexibility index (Phi) is 9.11. The van der Waals surface area contributed by atoms with Crippen LogP contribution in [0.15, 0.2) is 68.7 Å². The van der Waals surface area contributed by atoms with E-state index in [-0.39, 0.29) is 49.3 Å². The quantitative estimate of drug-likeness (QED) is 0.314. The van der Waals surface area contributed by atoms with Crippen LogP contribution >= 0.6 is 0 Å². The summed E-state index contributed by atoms with van der Waals surface area (Å²) in [5.74, 6) is 0.264. The van der Waals surface area contributed by atoms with Crippen molar-refractivity contribution in [2.75, 3.05) is 13.2 Å². The number of nitrogens with zero attached hydrogens (tertiary/aromatic N) is 3. The number of rotatable bonds is 9. The van der Waals surface area contributed by atoms with Crippen molar-refractivity contribution >= 4 is 0 Å². The van der Waals surface area contributed by atoms with Crippen LogP contribution in [0.4, 0.5) is 0 Å². The average Bonchev–Trinajstić information content (AvgIpc) is 3.13. The Morgan fingerprint density at radius 2 is 1.80 bits per heavy atom. The summed E-state index contributed by atoms with van der Waals surface area (Å²) < 4.78 is 17.0. The first-order valence-electron chi connectivity index (χ1n) is 10.7. The third-order valence-corrected chi connectivity index (χ3v) is 5.17. The minimum absolute atomic E-state index is 0. The molecule has 0 atom stereocenters. The second kappa shape index (κ2) is 12.0. The van der Waals surface area contributed by atoms with Gasteiger partial charge in [0.2, 0.25) is 5.88 Å². The van der Waals surface area contributed by atoms with Crippen LogP contribution in [0.25, 0.3) is 11.1 Å². The fourth-order valence-electron chi connectivity index (χ4n) is 3.68. The van der Waals surface area contributed by atoms with Gasteiger partial charge in [0, 0.05) is 23.9 Å². The molecule has 0 fully saturated rings. The first-order valence-corrected chi connectivity index (χ1v) is 10.7. The number of ether oxygens (including phenoxy) is 2. The molecule has 1 N–H and O–H groups in total. The van der Waals surface area contributed by atoms with E-state index in [0.717, 1.165) is 38.3 Å². The van der Waals surface area contributed by atoms with Gasteiger partial charge in [-0.2, -0.15) is 0 Å². The standard InChI is InChI=1S/C25H25N3O6.Na/c1-16-12-22(32-11-10-29)26-17(2)23(16)20-5-3-4-19(13-20)15-33-21-8-6-18(7-9-21)14-28-24(30)27-25(31)34-28;/h3-9,12-13,29H,10-11,14-15H2,1-2H3,(H,27,30,31);/q;+1/p-1. The van der Waals surface area contributed by atoms with E-state index in [0.29, 0.717) is 18.2 Å². The van der Waals surface area contributed by atoms with Gasteiger partial charge >= 0.3 is 35.3 Å². The number of hydrogen-bond acceptors (Lipinski definition) is 7. The second-order valence-electron chi connectivity index (χ2n) is 7.73. The maximum absolute atomic E-state index is 11.5. The molecule has 0 unspecified atom stereocenters. The maximum atomic E-state index is 11.5. The summed E-state index contributed by atoms with van der Waals surface area (Å²) in [7, 11) is 0. The minimum atomic E-state index is -0.903. The predicted molar refractivity (Wildman–Crippen MR) is 124 cm³/mol. The van der Waals surface area contributed by atoms with Crippen LogP contribution in [-0.4, -0.2) is 28.0 Å². The molecular weight excluding hydrogens is 461 g/mol. The Morgan fingerprint density at radius 1 is 1.03 bits per heavy atom. The molecule has 0 aliphatic heterocycles. The van der Waals surface area contributed by atoms with Gasteiger partial charge in [-0.05, 0) is 54.3 Å². The largest absolute Gasteiger partial charge is 1.00 e. The number of aliphatic hydroxyl groups is 1. The zero-order chi connectivity index (χ0) is 24.1. The summed E-state index contributed by atoms with van der Waals surface area (Å²) in [5.41, 5.74) is 5.00. The molecule has 4 rings (SSSR count). The van der Waals surface area contributed by atoms with Crippen LogP contribution < -0.4 is 55.5 Å². The Balaban J connectivity index is 0.00000342. The first kappa shape index (κ1) is 26.5. The predicted octanol–water partition coefficient (Wildman–Crippen LogP) is -0.560. The molecular formula is C25H24N3NaO6. The van der Waals surface area contributed by atoms with Crippen molar-refractivity contribution in [2.45, 2.75) is 27.0 Å². The van der Waals surface area contributed by atoms with Gasteiger partial charge < -0.3 is 24.1 Å². The average molecular weight is 485 g/mol. The molecule has 0 bridgehead atoms. The van der Waals surface area contributed by atoms with Gasteiger partial charge in [-0.25, -0.2) is 9.78 Å². The van der Waals surface area contributed by atoms with Crippen LogP contribution in [0.2, 0.25) is 0 Å². The zero-order valence-electron chi connectivity index (χ0n) is 19.9. The van der Waals surface area contributed by atoms with Crippen LogP contribution in [0.5, 0.6) is 11.6 Å². The summed E-state index contributed by atoms with van der Waals surface area (Å²) in [6.45, 7) is 4.58. The number of hydrogen-bond donors (Lipinski definition) is 1. The Labute approximate surface area is 223 Å². The van der Waals surface area contributed by atoms with Crippen molar-refractivity contribution < 1.29 is 48.7 Å². The molecule has 4 aromatic rings. The number of pyridine rings is 1. The smallest absolute Gasteiger partial charge is 0.489 e. The van der Waals surface area contributed by atoms with Gasteiger partial charge in [0.05, 0.1) is 6.61 Å². The fraction of sp³-hybridized carbons (Fsp3) is 0.240. The second-order valence-corrected chi connectivity index (χ2v) is 7.73. The van der Waals surface area contributed by atoms with Gasteiger partial charge in [0.1, 0.15) is 19.0 Å². The summed E-state index contributed by atoms with van der Waals surface area (Å²) in [6, 6.07) is 17.1. The van der Waals surface area contributed by atoms with Gasteiger partial charge in [0.25, 0.3) is 0 Å². The molecule has 0 aliphatic carbocycles. The van der Waals surface area contributed by atoms with Crippen molar-refractivity contribution in [3.63, 3.8) is 0 Å². The van der Waals surface area contributed by atoms with Crippen molar-refractivity contribution in [3.05, 3.63) is 98.0 Å². The topological polar surface area (TPSA) is 118 Å². The molecule has 9 nitrogen and oxygen atoms in total. The number of benzene rings is 2. The minimum Gasteiger partial charge on any atom is -0.489 e. The van der Waals surface area contributed by atoms with Gasteiger partial charge in [-0.3, -0.25) is 9.53 Å². The molecule has 0 radical (unpaired) electrons. The van der Waals surface area contributed by atoms with E-state index in [1.54, 1.807) is 24.3 Å². The first-order chi connectivity index (χ1) is 16.4. The normalized spacial score (nSPS) is 10.6. The zero-order valence-corrected chi connectivity index (χ0v) is 21.9. The molecule has 10 heteroatoms. The van der Waals surface area contributed by atoms with Crippen molar-refractivity contribution in [3.8, 4) is 22.8 Å². The van der Waals surface area contributed by atoms with Crippen LogP contribution in [0, 0.1) is 13.8 Å². The Bertz CT molecular complexity index is 1370. The molecule has 0 spiro atoms. The Hall–Kier alpha value is -3.11. The Morgan fingerprint density at radius 3 is 2.46 bits per heavy atom. The van der Waals surface area contributed by atoms with E-state index in [1.165, 1.54) is 0 Å². The molecule has 35 heavy (non-hydrogen) atoms. The van der Waals surface area contributed by atoms with Crippen LogP contribution in [0.3, 0.4) is 0 Å². The van der Waals surface area contributed by atoms with E-state index in [4.69, 9.17) is 19.1 Å².